The van der Waals surface area contributed by atoms with Crippen molar-refractivity contribution in [3.05, 3.63) is 48.0 Å². The molecule has 40 heavy (non-hydrogen) atoms. The fourth-order valence-electron chi connectivity index (χ4n) is 6.75. The first-order valence-electron chi connectivity index (χ1n) is 15.4. The van der Waals surface area contributed by atoms with Crippen LogP contribution in [0.3, 0.4) is 0 Å². The average molecular weight is 547 g/mol. The van der Waals surface area contributed by atoms with Crippen LogP contribution in [0.2, 0.25) is 0 Å². The van der Waals surface area contributed by atoms with Crippen LogP contribution in [0.5, 0.6) is 0 Å². The number of nitrogens with one attached hydrogen (secondary N) is 1. The molecule has 0 atom stereocenters. The van der Waals surface area contributed by atoms with Crippen LogP contribution in [0.1, 0.15) is 82.6 Å². The average Bonchev–Trinajstić information content (AvgIpc) is 3.40. The van der Waals surface area contributed by atoms with E-state index in [0.717, 1.165) is 92.5 Å². The van der Waals surface area contributed by atoms with Gasteiger partial charge in [-0.3, -0.25) is 4.79 Å². The second kappa shape index (κ2) is 13.5. The molecular weight excluding hydrogens is 500 g/mol. The molecule has 0 unspecified atom stereocenters. The molecule has 1 aliphatic heterocycles. The van der Waals surface area contributed by atoms with Gasteiger partial charge in [-0.1, -0.05) is 49.9 Å². The molecule has 2 aliphatic carbocycles. The van der Waals surface area contributed by atoms with Crippen molar-refractivity contribution in [2.24, 2.45) is 11.7 Å². The third kappa shape index (κ3) is 6.98. The Hall–Kier alpha value is -3.06. The maximum atomic E-state index is 13.2. The van der Waals surface area contributed by atoms with E-state index in [2.05, 4.69) is 52.7 Å². The molecule has 5 rings (SSSR count). The molecule has 2 aromatic carbocycles. The van der Waals surface area contributed by atoms with Crippen molar-refractivity contribution in [1.29, 1.82) is 0 Å². The molecular formula is C33H46N4O3. The summed E-state index contributed by atoms with van der Waals surface area (Å²) in [7, 11) is 1.45. The van der Waals surface area contributed by atoms with E-state index >= 15 is 0 Å². The van der Waals surface area contributed by atoms with Crippen molar-refractivity contribution < 1.29 is 14.3 Å². The number of carbonyl (C=O) groups excluding carboxylic acids is 2. The van der Waals surface area contributed by atoms with Gasteiger partial charge in [-0.15, -0.1) is 0 Å². The van der Waals surface area contributed by atoms with Crippen molar-refractivity contribution in [3.63, 3.8) is 0 Å². The Labute approximate surface area is 239 Å². The quantitative estimate of drug-likeness (QED) is 0.403. The minimum Gasteiger partial charge on any atom is -0.453 e. The van der Waals surface area contributed by atoms with Gasteiger partial charge in [0.1, 0.15) is 0 Å². The summed E-state index contributed by atoms with van der Waals surface area (Å²) in [4.78, 5) is 30.3. The second-order valence-corrected chi connectivity index (χ2v) is 12.0. The number of carbonyl (C=O) groups is 2. The van der Waals surface area contributed by atoms with Crippen molar-refractivity contribution in [2.45, 2.75) is 95.7 Å². The number of hydrogen-bond donors (Lipinski definition) is 2. The fraction of sp³-hybridized carbons (Fsp3) is 0.576. The van der Waals surface area contributed by atoms with Gasteiger partial charge in [-0.05, 0) is 86.3 Å². The van der Waals surface area contributed by atoms with Crippen LogP contribution < -0.4 is 16.0 Å². The van der Waals surface area contributed by atoms with Gasteiger partial charge in [0.05, 0.1) is 18.5 Å². The van der Waals surface area contributed by atoms with Crippen LogP contribution in [0, 0.1) is 5.92 Å². The van der Waals surface area contributed by atoms with Crippen LogP contribution in [-0.4, -0.2) is 49.2 Å². The van der Waals surface area contributed by atoms with Crippen molar-refractivity contribution in [3.8, 4) is 11.1 Å². The smallest absolute Gasteiger partial charge is 0.410 e. The number of benzene rings is 2. The predicted octanol–water partition coefficient (Wildman–Crippen LogP) is 6.70. The zero-order valence-corrected chi connectivity index (χ0v) is 24.1. The highest BCUT2D eigenvalue weighted by Gasteiger charge is 2.29. The molecule has 0 bridgehead atoms. The van der Waals surface area contributed by atoms with Gasteiger partial charge in [0.25, 0.3) is 0 Å². The number of methoxy groups -OCH3 is 1. The zero-order chi connectivity index (χ0) is 27.9. The van der Waals surface area contributed by atoms with Crippen molar-refractivity contribution >= 4 is 23.4 Å². The van der Waals surface area contributed by atoms with E-state index in [9.17, 15) is 9.59 Å². The summed E-state index contributed by atoms with van der Waals surface area (Å²) in [5.41, 5.74) is 11.4. The zero-order valence-electron chi connectivity index (χ0n) is 24.1. The topological polar surface area (TPSA) is 87.9 Å². The summed E-state index contributed by atoms with van der Waals surface area (Å²) >= 11 is 0. The first-order valence-corrected chi connectivity index (χ1v) is 15.4. The Bertz CT molecular complexity index is 1150. The normalized spacial score (nSPS) is 22.0. The SMILES string of the molecule is COC(=O)N(Cc1cccc(-c2ccc(N3CCCCCC3)c(NC(=O)C3CCCC3)c2)c1)C1CCC(N)CC1. The lowest BCUT2D eigenvalue weighted by molar-refractivity contribution is -0.119. The molecule has 0 aromatic heterocycles. The molecule has 3 aliphatic rings. The molecule has 1 saturated heterocycles. The molecule has 7 nitrogen and oxygen atoms in total. The van der Waals surface area contributed by atoms with Gasteiger partial charge in [0.15, 0.2) is 0 Å². The summed E-state index contributed by atoms with van der Waals surface area (Å²) in [5.74, 6) is 0.267. The minimum atomic E-state index is -0.287. The van der Waals surface area contributed by atoms with E-state index < -0.39 is 0 Å². The van der Waals surface area contributed by atoms with E-state index in [1.54, 1.807) is 0 Å². The van der Waals surface area contributed by atoms with E-state index in [4.69, 9.17) is 10.5 Å². The van der Waals surface area contributed by atoms with Crippen LogP contribution in [0.25, 0.3) is 11.1 Å². The first kappa shape index (κ1) is 28.5. The second-order valence-electron chi connectivity index (χ2n) is 12.0. The summed E-state index contributed by atoms with van der Waals surface area (Å²) < 4.78 is 5.16. The van der Waals surface area contributed by atoms with Gasteiger partial charge in [-0.25, -0.2) is 4.79 Å². The summed E-state index contributed by atoms with van der Waals surface area (Å²) in [5, 5.41) is 3.34. The maximum absolute atomic E-state index is 13.2. The molecule has 3 fully saturated rings. The lowest BCUT2D eigenvalue weighted by Crippen LogP contribution is -2.43. The first-order chi connectivity index (χ1) is 19.5. The number of rotatable bonds is 7. The Morgan fingerprint density at radius 2 is 1.60 bits per heavy atom. The standard InChI is InChI=1S/C33H46N4O3/c1-40-33(39)37(29-16-14-28(34)15-17-29)23-24-9-8-12-26(21-24)27-13-18-31(36-19-6-2-3-7-20-36)30(22-27)35-32(38)25-10-4-5-11-25/h8-9,12-13,18,21-22,25,28-29H,2-7,10-11,14-17,19-20,23,34H2,1H3,(H,35,38). The number of hydrogen-bond acceptors (Lipinski definition) is 5. The highest BCUT2D eigenvalue weighted by atomic mass is 16.5. The Balaban J connectivity index is 1.40. The Morgan fingerprint density at radius 1 is 0.900 bits per heavy atom. The maximum Gasteiger partial charge on any atom is 0.410 e. The van der Waals surface area contributed by atoms with Gasteiger partial charge in [0, 0.05) is 37.6 Å². The molecule has 2 saturated carbocycles. The van der Waals surface area contributed by atoms with Crippen LogP contribution in [0.15, 0.2) is 42.5 Å². The van der Waals surface area contributed by atoms with Gasteiger partial charge < -0.3 is 25.6 Å². The third-order valence-electron chi connectivity index (χ3n) is 9.13. The van der Waals surface area contributed by atoms with E-state index in [-0.39, 0.29) is 30.0 Å². The number of ether oxygens (including phenoxy) is 1. The van der Waals surface area contributed by atoms with Crippen molar-refractivity contribution in [1.82, 2.24) is 4.90 Å². The number of nitrogens with zero attached hydrogens (tertiary/aromatic N) is 2. The van der Waals surface area contributed by atoms with Gasteiger partial charge in [-0.2, -0.15) is 0 Å². The minimum absolute atomic E-state index is 0.114. The molecule has 216 valence electrons. The molecule has 0 spiro atoms. The molecule has 7 heteroatoms. The van der Waals surface area contributed by atoms with Crippen LogP contribution in [0.4, 0.5) is 16.2 Å². The van der Waals surface area contributed by atoms with Crippen LogP contribution in [-0.2, 0) is 16.1 Å². The van der Waals surface area contributed by atoms with E-state index in [1.807, 2.05) is 4.90 Å². The molecule has 0 radical (unpaired) electrons. The van der Waals surface area contributed by atoms with Gasteiger partial charge >= 0.3 is 6.09 Å². The molecule has 3 N–H and O–H groups in total. The summed E-state index contributed by atoms with van der Waals surface area (Å²) in [6.07, 6.45) is 12.5. The number of nitrogens with two attached hydrogens (primary N) is 1. The van der Waals surface area contributed by atoms with E-state index in [1.165, 1.54) is 32.8 Å². The van der Waals surface area contributed by atoms with Crippen LogP contribution >= 0.6 is 0 Å². The Kier molecular flexibility index (Phi) is 9.63. The Morgan fingerprint density at radius 3 is 2.30 bits per heavy atom. The van der Waals surface area contributed by atoms with Gasteiger partial charge in [0.2, 0.25) is 5.91 Å². The molecule has 2 aromatic rings. The summed E-state index contributed by atoms with van der Waals surface area (Å²) in [6.45, 7) is 2.55. The highest BCUT2D eigenvalue weighted by molar-refractivity contribution is 5.97. The fourth-order valence-corrected chi connectivity index (χ4v) is 6.75. The highest BCUT2D eigenvalue weighted by Crippen LogP contribution is 2.35. The monoisotopic (exact) mass is 546 g/mol. The largest absolute Gasteiger partial charge is 0.453 e. The molecule has 2 amide bonds. The summed E-state index contributed by atoms with van der Waals surface area (Å²) in [6, 6.07) is 15.3. The molecule has 1 heterocycles. The van der Waals surface area contributed by atoms with Crippen molar-refractivity contribution in [2.75, 3.05) is 30.4 Å². The van der Waals surface area contributed by atoms with E-state index in [0.29, 0.717) is 6.54 Å². The predicted molar refractivity (Wildman–Crippen MR) is 161 cm³/mol. The third-order valence-corrected chi connectivity index (χ3v) is 9.13. The lowest BCUT2D eigenvalue weighted by atomic mass is 9.90. The lowest BCUT2D eigenvalue weighted by Gasteiger charge is -2.35. The number of amides is 2. The number of anilines is 2.